The van der Waals surface area contributed by atoms with Crippen LogP contribution in [0, 0.1) is 0 Å². The molecule has 0 spiro atoms. The first-order chi connectivity index (χ1) is 10.9. The van der Waals surface area contributed by atoms with Crippen molar-refractivity contribution >= 4 is 20.3 Å². The molecule has 0 aliphatic carbocycles. The topological polar surface area (TPSA) is 6.48 Å². The van der Waals surface area contributed by atoms with E-state index in [0.29, 0.717) is 20.7 Å². The minimum absolute atomic E-state index is 0.534. The first-order valence-electron chi connectivity index (χ1n) is 8.33. The normalized spacial score (nSPS) is 11.1. The summed E-state index contributed by atoms with van der Waals surface area (Å²) in [6.07, 6.45) is 0. The Morgan fingerprint density at radius 2 is 1.00 bits per heavy atom. The monoisotopic (exact) mass is 328 g/mol. The van der Waals surface area contributed by atoms with Gasteiger partial charge in [0.15, 0.2) is 0 Å². The first-order valence-corrected chi connectivity index (χ1v) is 9.22. The van der Waals surface area contributed by atoms with Gasteiger partial charge in [0.25, 0.3) is 0 Å². The minimum atomic E-state index is 0.534. The number of hydrogen-bond acceptors (Lipinski definition) is 2. The highest BCUT2D eigenvalue weighted by Gasteiger charge is 2.14. The summed E-state index contributed by atoms with van der Waals surface area (Å²) < 4.78 is 4.73. The summed E-state index contributed by atoms with van der Waals surface area (Å²) in [6.45, 7) is 9.03. The van der Waals surface area contributed by atoms with Crippen LogP contribution in [0.3, 0.4) is 0 Å². The Morgan fingerprint density at radius 1 is 0.652 bits per heavy atom. The average molecular weight is 328 g/mol. The predicted molar refractivity (Wildman–Crippen MR) is 106 cm³/mol. The Labute approximate surface area is 143 Å². The van der Waals surface area contributed by atoms with Crippen LogP contribution in [0.25, 0.3) is 0 Å². The molecule has 0 aromatic heterocycles. The smallest absolute Gasteiger partial charge is 0.0793 e. The van der Waals surface area contributed by atoms with Crippen LogP contribution in [0.4, 0.5) is 11.4 Å². The van der Waals surface area contributed by atoms with Crippen LogP contribution in [-0.2, 0) is 0 Å². The maximum atomic E-state index is 2.37. The van der Waals surface area contributed by atoms with Gasteiger partial charge in [0.2, 0.25) is 0 Å². The maximum Gasteiger partial charge on any atom is 0.0793 e. The molecular formula is C20H29N2P. The van der Waals surface area contributed by atoms with E-state index < -0.39 is 0 Å². The Kier molecular flexibility index (Phi) is 6.07. The van der Waals surface area contributed by atoms with Gasteiger partial charge in [0.1, 0.15) is 0 Å². The van der Waals surface area contributed by atoms with Crippen LogP contribution in [0.1, 0.15) is 50.7 Å². The zero-order valence-electron chi connectivity index (χ0n) is 15.2. The number of anilines is 2. The average Bonchev–Trinajstić information content (AvgIpc) is 2.54. The third-order valence-electron chi connectivity index (χ3n) is 4.14. The zero-order chi connectivity index (χ0) is 17.0. The van der Waals surface area contributed by atoms with E-state index in [0.717, 1.165) is 0 Å². The van der Waals surface area contributed by atoms with E-state index >= 15 is 0 Å². The molecule has 23 heavy (non-hydrogen) atoms. The van der Waals surface area contributed by atoms with Crippen molar-refractivity contribution in [2.75, 3.05) is 23.4 Å². The van der Waals surface area contributed by atoms with Crippen molar-refractivity contribution < 1.29 is 0 Å². The molecule has 2 aromatic rings. The van der Waals surface area contributed by atoms with Crippen LogP contribution < -0.4 is 9.34 Å². The highest BCUT2D eigenvalue weighted by molar-refractivity contribution is 7.42. The molecule has 2 rings (SSSR count). The van der Waals surface area contributed by atoms with E-state index in [4.69, 9.17) is 0 Å². The molecule has 0 aliphatic heterocycles. The van der Waals surface area contributed by atoms with Gasteiger partial charge in [-0.05, 0) is 35.1 Å². The SMILES string of the molecule is CC(C)c1ccccc1N(C)PN(C)c1ccccc1C(C)C. The Bertz CT molecular complexity index is 582. The fourth-order valence-corrected chi connectivity index (χ4v) is 3.97. The largest absolute Gasteiger partial charge is 0.339 e. The summed E-state index contributed by atoms with van der Waals surface area (Å²) in [5.74, 6) is 1.07. The Hall–Kier alpha value is -1.53. The molecule has 3 heteroatoms. The number of hydrogen-bond donors (Lipinski definition) is 0. The van der Waals surface area contributed by atoms with E-state index in [1.807, 2.05) is 0 Å². The van der Waals surface area contributed by atoms with Gasteiger partial charge in [-0.15, -0.1) is 0 Å². The molecule has 0 atom stereocenters. The van der Waals surface area contributed by atoms with Crippen LogP contribution in [0.15, 0.2) is 48.5 Å². The number of benzene rings is 2. The van der Waals surface area contributed by atoms with Gasteiger partial charge in [0, 0.05) is 25.5 Å². The fourth-order valence-electron chi connectivity index (χ4n) is 2.90. The highest BCUT2D eigenvalue weighted by atomic mass is 31.1. The van der Waals surface area contributed by atoms with Crippen molar-refractivity contribution in [2.45, 2.75) is 39.5 Å². The molecule has 0 N–H and O–H groups in total. The lowest BCUT2D eigenvalue weighted by molar-refractivity contribution is 0.863. The molecular weight excluding hydrogens is 299 g/mol. The van der Waals surface area contributed by atoms with E-state index in [2.05, 4.69) is 99.7 Å². The summed E-state index contributed by atoms with van der Waals surface area (Å²) in [5.41, 5.74) is 5.48. The van der Waals surface area contributed by atoms with Gasteiger partial charge in [0.05, 0.1) is 8.88 Å². The van der Waals surface area contributed by atoms with Gasteiger partial charge in [-0.25, -0.2) is 0 Å². The minimum Gasteiger partial charge on any atom is -0.339 e. The van der Waals surface area contributed by atoms with Crippen LogP contribution in [0.5, 0.6) is 0 Å². The standard InChI is InChI=1S/C20H29N2P/c1-15(2)17-11-7-9-13-19(17)21(5)23-22(6)20-14-10-8-12-18(20)16(3)4/h7-16,23H,1-6H3. The summed E-state index contributed by atoms with van der Waals surface area (Å²) in [5, 5.41) is 0. The Balaban J connectivity index is 2.23. The first kappa shape index (κ1) is 17.8. The summed E-state index contributed by atoms with van der Waals surface area (Å²) in [7, 11) is 4.96. The third kappa shape index (κ3) is 4.26. The fraction of sp³-hybridized carbons (Fsp3) is 0.400. The molecule has 0 bridgehead atoms. The van der Waals surface area contributed by atoms with Crippen LogP contribution in [-0.4, -0.2) is 14.1 Å². The van der Waals surface area contributed by atoms with Gasteiger partial charge in [-0.2, -0.15) is 0 Å². The quantitative estimate of drug-likeness (QED) is 0.599. The number of nitrogens with zero attached hydrogens (tertiary/aromatic N) is 2. The van der Waals surface area contributed by atoms with Crippen LogP contribution in [0.2, 0.25) is 0 Å². The van der Waals surface area contributed by atoms with Gasteiger partial charge in [-0.1, -0.05) is 64.1 Å². The maximum absolute atomic E-state index is 2.37. The molecule has 2 nitrogen and oxygen atoms in total. The van der Waals surface area contributed by atoms with Crippen molar-refractivity contribution in [1.29, 1.82) is 0 Å². The van der Waals surface area contributed by atoms with Crippen molar-refractivity contribution in [3.63, 3.8) is 0 Å². The van der Waals surface area contributed by atoms with Crippen molar-refractivity contribution in [3.8, 4) is 0 Å². The van der Waals surface area contributed by atoms with Gasteiger partial charge in [-0.3, -0.25) is 0 Å². The molecule has 0 radical (unpaired) electrons. The molecule has 0 saturated heterocycles. The van der Waals surface area contributed by atoms with E-state index in [-0.39, 0.29) is 0 Å². The van der Waals surface area contributed by atoms with Crippen molar-refractivity contribution in [3.05, 3.63) is 59.7 Å². The molecule has 0 aliphatic rings. The molecule has 0 unspecified atom stereocenters. The molecule has 2 aromatic carbocycles. The molecule has 0 amide bonds. The Morgan fingerprint density at radius 3 is 1.35 bits per heavy atom. The summed E-state index contributed by atoms with van der Waals surface area (Å²) in [6, 6.07) is 17.5. The van der Waals surface area contributed by atoms with Crippen molar-refractivity contribution in [2.24, 2.45) is 0 Å². The zero-order valence-corrected chi connectivity index (χ0v) is 16.2. The molecule has 0 heterocycles. The van der Waals surface area contributed by atoms with E-state index in [9.17, 15) is 0 Å². The van der Waals surface area contributed by atoms with E-state index in [1.54, 1.807) is 0 Å². The third-order valence-corrected chi connectivity index (χ3v) is 5.22. The lowest BCUT2D eigenvalue weighted by Gasteiger charge is -2.31. The lowest BCUT2D eigenvalue weighted by Crippen LogP contribution is -2.18. The van der Waals surface area contributed by atoms with Gasteiger partial charge >= 0.3 is 0 Å². The highest BCUT2D eigenvalue weighted by Crippen LogP contribution is 2.38. The lowest BCUT2D eigenvalue weighted by atomic mass is 10.0. The number of para-hydroxylation sites is 2. The number of rotatable bonds is 6. The molecule has 124 valence electrons. The summed E-state index contributed by atoms with van der Waals surface area (Å²) >= 11 is 0. The van der Waals surface area contributed by atoms with Crippen molar-refractivity contribution in [1.82, 2.24) is 0 Å². The second-order valence-corrected chi connectivity index (χ2v) is 8.19. The van der Waals surface area contributed by atoms with E-state index in [1.165, 1.54) is 22.5 Å². The second-order valence-electron chi connectivity index (χ2n) is 6.65. The van der Waals surface area contributed by atoms with Crippen LogP contribution >= 0.6 is 8.88 Å². The molecule has 0 fully saturated rings. The molecule has 0 saturated carbocycles. The van der Waals surface area contributed by atoms with Gasteiger partial charge < -0.3 is 9.34 Å². The second kappa shape index (κ2) is 7.84. The summed E-state index contributed by atoms with van der Waals surface area (Å²) in [4.78, 5) is 0. The predicted octanol–water partition coefficient (Wildman–Crippen LogP) is 6.01.